The number of piperidine rings is 1. The Morgan fingerprint density at radius 3 is 2.55 bits per heavy atom. The van der Waals surface area contributed by atoms with E-state index < -0.39 is 21.7 Å². The van der Waals surface area contributed by atoms with Crippen LogP contribution >= 0.6 is 0 Å². The van der Waals surface area contributed by atoms with Gasteiger partial charge in [0.1, 0.15) is 5.60 Å². The minimum absolute atomic E-state index is 0.00805. The number of alkyl carbamates (subject to hydrolysis) is 1. The number of ether oxygens (including phenoxy) is 1. The second-order valence-corrected chi connectivity index (χ2v) is 11.0. The minimum Gasteiger partial charge on any atom is -0.444 e. The molecule has 0 aromatic carbocycles. The Morgan fingerprint density at radius 2 is 1.97 bits per heavy atom. The number of nitrogens with one attached hydrogen (secondary N) is 1. The maximum absolute atomic E-state index is 13.1. The number of rotatable bonds is 4. The number of nitrogens with zero attached hydrogens (tertiary/aromatic N) is 4. The number of aryl methyl sites for hydroxylation is 1. The molecular weight excluding hydrogens is 394 g/mol. The number of imidazole rings is 1. The van der Waals surface area contributed by atoms with Crippen LogP contribution in [-0.2, 0) is 21.8 Å². The van der Waals surface area contributed by atoms with E-state index >= 15 is 0 Å². The summed E-state index contributed by atoms with van der Waals surface area (Å²) in [4.78, 5) is 18.7. The first-order chi connectivity index (χ1) is 13.5. The Morgan fingerprint density at radius 1 is 1.24 bits per heavy atom. The molecule has 2 saturated heterocycles. The first kappa shape index (κ1) is 22.0. The summed E-state index contributed by atoms with van der Waals surface area (Å²) in [5.74, 6) is -0.00805. The molecule has 0 bridgehead atoms. The van der Waals surface area contributed by atoms with Crippen molar-refractivity contribution in [2.45, 2.75) is 62.7 Å². The molecule has 3 heterocycles. The number of carbonyl (C=O) groups excluding carboxylic acids is 1. The van der Waals surface area contributed by atoms with Crippen molar-refractivity contribution < 1.29 is 17.9 Å². The average Bonchev–Trinajstić information content (AvgIpc) is 3.21. The summed E-state index contributed by atoms with van der Waals surface area (Å²) in [6.07, 6.45) is 5.71. The molecule has 2 fully saturated rings. The number of aromatic nitrogens is 2. The lowest BCUT2D eigenvalue weighted by Crippen LogP contribution is -2.51. The molecule has 1 aromatic rings. The number of likely N-dealkylation sites (tertiary alicyclic amines) is 1. The van der Waals surface area contributed by atoms with E-state index in [1.807, 2.05) is 20.8 Å². The number of hydrogen-bond acceptors (Lipinski definition) is 6. The van der Waals surface area contributed by atoms with Gasteiger partial charge in [-0.05, 0) is 47.2 Å². The van der Waals surface area contributed by atoms with Gasteiger partial charge in [-0.3, -0.25) is 0 Å². The van der Waals surface area contributed by atoms with Crippen LogP contribution in [0.2, 0.25) is 0 Å². The summed E-state index contributed by atoms with van der Waals surface area (Å²) in [7, 11) is 0.0924. The molecule has 0 aliphatic carbocycles. The summed E-state index contributed by atoms with van der Waals surface area (Å²) in [5, 5.41) is 2.98. The van der Waals surface area contributed by atoms with Crippen molar-refractivity contribution in [1.82, 2.24) is 24.1 Å². The van der Waals surface area contributed by atoms with Crippen LogP contribution in [0.15, 0.2) is 17.6 Å². The zero-order valence-corrected chi connectivity index (χ0v) is 18.8. The average molecular weight is 428 g/mol. The first-order valence-corrected chi connectivity index (χ1v) is 11.6. The van der Waals surface area contributed by atoms with Crippen molar-refractivity contribution >= 4 is 16.1 Å². The molecule has 2 aliphatic rings. The molecule has 0 spiro atoms. The number of carbonyl (C=O) groups is 1. The van der Waals surface area contributed by atoms with E-state index in [2.05, 4.69) is 22.2 Å². The van der Waals surface area contributed by atoms with E-state index in [1.54, 1.807) is 11.6 Å². The van der Waals surface area contributed by atoms with Crippen molar-refractivity contribution in [3.05, 3.63) is 12.5 Å². The molecule has 1 N–H and O–H groups in total. The highest BCUT2D eigenvalue weighted by atomic mass is 32.2. The zero-order valence-electron chi connectivity index (χ0n) is 18.0. The van der Waals surface area contributed by atoms with Gasteiger partial charge in [-0.15, -0.1) is 0 Å². The number of hydrogen-bond donors (Lipinski definition) is 1. The second kappa shape index (κ2) is 8.23. The van der Waals surface area contributed by atoms with Crippen LogP contribution in [0.25, 0.3) is 0 Å². The normalized spacial score (nSPS) is 27.1. The summed E-state index contributed by atoms with van der Waals surface area (Å²) < 4.78 is 34.7. The molecule has 3 rings (SSSR count). The Labute approximate surface area is 173 Å². The van der Waals surface area contributed by atoms with Crippen molar-refractivity contribution in [3.8, 4) is 0 Å². The summed E-state index contributed by atoms with van der Waals surface area (Å²) >= 11 is 0. The van der Waals surface area contributed by atoms with E-state index in [4.69, 9.17) is 4.74 Å². The van der Waals surface area contributed by atoms with E-state index in [0.29, 0.717) is 6.54 Å². The molecule has 29 heavy (non-hydrogen) atoms. The highest BCUT2D eigenvalue weighted by Gasteiger charge is 2.45. The van der Waals surface area contributed by atoms with E-state index in [9.17, 15) is 13.2 Å². The maximum Gasteiger partial charge on any atom is 0.407 e. The minimum atomic E-state index is -3.72. The molecule has 0 saturated carbocycles. The van der Waals surface area contributed by atoms with Crippen LogP contribution in [0.4, 0.5) is 4.79 Å². The maximum atomic E-state index is 13.1. The molecule has 9 nitrogen and oxygen atoms in total. The Bertz CT molecular complexity index is 832. The van der Waals surface area contributed by atoms with E-state index in [-0.39, 0.29) is 29.6 Å². The van der Waals surface area contributed by atoms with Gasteiger partial charge in [0, 0.05) is 38.3 Å². The lowest BCUT2D eigenvalue weighted by Gasteiger charge is -2.38. The molecule has 3 atom stereocenters. The van der Waals surface area contributed by atoms with Crippen molar-refractivity contribution in [1.29, 1.82) is 0 Å². The standard InChI is InChI=1S/C19H33N5O4S/c1-19(2,3)28-18(25)21-15-11-24(29(26,27)17-12-22(4)13-20-17)10-14(15)16-8-6-7-9-23(16)5/h12-16H,6-11H2,1-5H3,(H,21,25)/t14-,15-,16?/m0/s1. The molecule has 10 heteroatoms. The molecular formula is C19H33N5O4S. The van der Waals surface area contributed by atoms with Gasteiger partial charge in [-0.2, -0.15) is 4.31 Å². The first-order valence-electron chi connectivity index (χ1n) is 10.2. The Kier molecular flexibility index (Phi) is 6.26. The van der Waals surface area contributed by atoms with Crippen LogP contribution in [-0.4, -0.2) is 77.6 Å². The molecule has 1 amide bonds. The van der Waals surface area contributed by atoms with Crippen LogP contribution < -0.4 is 5.32 Å². The fourth-order valence-corrected chi connectivity index (χ4v) is 5.76. The predicted molar refractivity (Wildman–Crippen MR) is 109 cm³/mol. The van der Waals surface area contributed by atoms with Gasteiger partial charge in [-0.25, -0.2) is 18.2 Å². The zero-order chi connectivity index (χ0) is 21.4. The summed E-state index contributed by atoms with van der Waals surface area (Å²) in [6.45, 7) is 6.98. The fraction of sp³-hybridized carbons (Fsp3) is 0.789. The van der Waals surface area contributed by atoms with Gasteiger partial charge < -0.3 is 19.5 Å². The predicted octanol–water partition coefficient (Wildman–Crippen LogP) is 1.42. The SMILES string of the molecule is CN1CCCCC1[C@H]1CN(S(=O)(=O)c2cn(C)cn2)C[C@@H]1NC(=O)OC(C)(C)C. The molecule has 2 aliphatic heterocycles. The van der Waals surface area contributed by atoms with Crippen LogP contribution in [0, 0.1) is 5.92 Å². The Balaban J connectivity index is 1.82. The van der Waals surface area contributed by atoms with E-state index in [0.717, 1.165) is 25.8 Å². The van der Waals surface area contributed by atoms with Crippen molar-refractivity contribution in [2.75, 3.05) is 26.7 Å². The lowest BCUT2D eigenvalue weighted by molar-refractivity contribution is 0.0468. The van der Waals surface area contributed by atoms with Gasteiger partial charge >= 0.3 is 6.09 Å². The van der Waals surface area contributed by atoms with Crippen LogP contribution in [0.3, 0.4) is 0 Å². The third kappa shape index (κ3) is 5.10. The highest BCUT2D eigenvalue weighted by molar-refractivity contribution is 7.89. The molecule has 164 valence electrons. The van der Waals surface area contributed by atoms with Crippen molar-refractivity contribution in [2.24, 2.45) is 13.0 Å². The second-order valence-electron chi connectivity index (χ2n) is 9.16. The van der Waals surface area contributed by atoms with Gasteiger partial charge in [0.2, 0.25) is 0 Å². The smallest absolute Gasteiger partial charge is 0.407 e. The Hall–Kier alpha value is -1.65. The van der Waals surface area contributed by atoms with Crippen LogP contribution in [0.1, 0.15) is 40.0 Å². The number of sulfonamides is 1. The van der Waals surface area contributed by atoms with E-state index in [1.165, 1.54) is 16.8 Å². The van der Waals surface area contributed by atoms with Gasteiger partial charge in [0.25, 0.3) is 10.0 Å². The molecule has 0 radical (unpaired) electrons. The summed E-state index contributed by atoms with van der Waals surface area (Å²) in [6, 6.07) is -0.0958. The molecule has 1 aromatic heterocycles. The van der Waals surface area contributed by atoms with Gasteiger partial charge in [0.05, 0.1) is 12.4 Å². The topological polar surface area (TPSA) is 96.8 Å². The number of amides is 1. The third-order valence-corrected chi connectivity index (χ3v) is 7.36. The van der Waals surface area contributed by atoms with Gasteiger partial charge in [-0.1, -0.05) is 6.42 Å². The molecule has 1 unspecified atom stereocenters. The monoisotopic (exact) mass is 427 g/mol. The summed E-state index contributed by atoms with van der Waals surface area (Å²) in [5.41, 5.74) is -0.612. The highest BCUT2D eigenvalue weighted by Crippen LogP contribution is 2.32. The quantitative estimate of drug-likeness (QED) is 0.781. The van der Waals surface area contributed by atoms with Crippen molar-refractivity contribution in [3.63, 3.8) is 0 Å². The fourth-order valence-electron chi connectivity index (χ4n) is 4.29. The largest absolute Gasteiger partial charge is 0.444 e. The van der Waals surface area contributed by atoms with Crippen LogP contribution in [0.5, 0.6) is 0 Å². The van der Waals surface area contributed by atoms with Gasteiger partial charge in [0.15, 0.2) is 5.03 Å². The third-order valence-electron chi connectivity index (χ3n) is 5.64. The lowest BCUT2D eigenvalue weighted by atomic mass is 9.87.